The lowest BCUT2D eigenvalue weighted by Crippen LogP contribution is -2.25. The van der Waals surface area contributed by atoms with Gasteiger partial charge in [-0.1, -0.05) is 48.5 Å². The Kier molecular flexibility index (Phi) is 5.86. The summed E-state index contributed by atoms with van der Waals surface area (Å²) in [4.78, 5) is 19.9. The molecule has 0 radical (unpaired) electrons. The van der Waals surface area contributed by atoms with E-state index in [1.165, 1.54) is 16.5 Å². The number of benzene rings is 2. The van der Waals surface area contributed by atoms with Crippen molar-refractivity contribution in [2.24, 2.45) is 0 Å². The Labute approximate surface area is 170 Å². The highest BCUT2D eigenvalue weighted by Gasteiger charge is 2.07. The number of aromatic nitrogens is 2. The predicted octanol–water partition coefficient (Wildman–Crippen LogP) is 4.19. The molecule has 1 amide bonds. The van der Waals surface area contributed by atoms with Crippen LogP contribution in [0.25, 0.3) is 10.9 Å². The molecule has 3 N–H and O–H groups in total. The van der Waals surface area contributed by atoms with Crippen LogP contribution in [0.3, 0.4) is 0 Å². The highest BCUT2D eigenvalue weighted by molar-refractivity contribution is 5.94. The second kappa shape index (κ2) is 9.06. The van der Waals surface area contributed by atoms with Gasteiger partial charge in [-0.2, -0.15) is 0 Å². The molecule has 146 valence electrons. The van der Waals surface area contributed by atoms with Gasteiger partial charge >= 0.3 is 0 Å². The number of H-pyrrole nitrogens is 1. The Balaban J connectivity index is 1.29. The summed E-state index contributed by atoms with van der Waals surface area (Å²) in [6, 6.07) is 20.3. The molecule has 4 aromatic rings. The van der Waals surface area contributed by atoms with Gasteiger partial charge in [0.15, 0.2) is 0 Å². The minimum Gasteiger partial charge on any atom is -0.383 e. The molecule has 0 spiro atoms. The van der Waals surface area contributed by atoms with Gasteiger partial charge in [0.1, 0.15) is 0 Å². The van der Waals surface area contributed by atoms with Crippen LogP contribution in [0, 0.1) is 0 Å². The summed E-state index contributed by atoms with van der Waals surface area (Å²) in [5.41, 5.74) is 5.04. The summed E-state index contributed by atoms with van der Waals surface area (Å²) in [5.74, 6) is -0.103. The fourth-order valence-electron chi connectivity index (χ4n) is 3.41. The average Bonchev–Trinajstić information content (AvgIpc) is 3.18. The van der Waals surface area contributed by atoms with Crippen LogP contribution in [0.15, 0.2) is 79.3 Å². The zero-order valence-corrected chi connectivity index (χ0v) is 16.2. The van der Waals surface area contributed by atoms with Crippen LogP contribution in [-0.4, -0.2) is 29.0 Å². The van der Waals surface area contributed by atoms with E-state index in [9.17, 15) is 4.79 Å². The molecule has 29 heavy (non-hydrogen) atoms. The molecule has 2 heterocycles. The lowest BCUT2D eigenvalue weighted by molar-refractivity contribution is 0.0954. The van der Waals surface area contributed by atoms with E-state index in [0.717, 1.165) is 30.6 Å². The third-order valence-electron chi connectivity index (χ3n) is 4.94. The number of amides is 1. The van der Waals surface area contributed by atoms with Crippen molar-refractivity contribution in [3.63, 3.8) is 0 Å². The Hall–Kier alpha value is -3.60. The summed E-state index contributed by atoms with van der Waals surface area (Å²) in [7, 11) is 0. The van der Waals surface area contributed by atoms with Gasteiger partial charge in [-0.05, 0) is 36.1 Å². The Morgan fingerprint density at radius 2 is 1.76 bits per heavy atom. The van der Waals surface area contributed by atoms with Gasteiger partial charge in [0.25, 0.3) is 5.91 Å². The number of carbonyl (C=O) groups excluding carboxylic acids is 1. The zero-order chi connectivity index (χ0) is 19.9. The maximum Gasteiger partial charge on any atom is 0.252 e. The van der Waals surface area contributed by atoms with E-state index in [-0.39, 0.29) is 5.91 Å². The number of carbonyl (C=O) groups is 1. The van der Waals surface area contributed by atoms with Crippen molar-refractivity contribution < 1.29 is 4.79 Å². The minimum atomic E-state index is -0.103. The van der Waals surface area contributed by atoms with Crippen molar-refractivity contribution >= 4 is 22.5 Å². The van der Waals surface area contributed by atoms with Gasteiger partial charge in [0, 0.05) is 42.6 Å². The van der Waals surface area contributed by atoms with Crippen LogP contribution in [0.4, 0.5) is 5.69 Å². The molecule has 0 unspecified atom stereocenters. The molecule has 2 aromatic carbocycles. The first-order valence-electron chi connectivity index (χ1n) is 9.85. The lowest BCUT2D eigenvalue weighted by Gasteiger charge is -2.09. The first kappa shape index (κ1) is 18.7. The lowest BCUT2D eigenvalue weighted by atomic mass is 10.1. The molecular formula is C24H24N4O. The van der Waals surface area contributed by atoms with Crippen molar-refractivity contribution in [2.75, 3.05) is 18.4 Å². The van der Waals surface area contributed by atoms with Crippen LogP contribution in [0.2, 0.25) is 0 Å². The van der Waals surface area contributed by atoms with E-state index >= 15 is 0 Å². The minimum absolute atomic E-state index is 0.103. The number of hydrogen-bond acceptors (Lipinski definition) is 3. The average molecular weight is 384 g/mol. The van der Waals surface area contributed by atoms with Crippen LogP contribution in [-0.2, 0) is 12.8 Å². The Bertz CT molecular complexity index is 1090. The molecule has 0 saturated carbocycles. The SMILES string of the molecule is O=C(NCCc1ccccc1)c1cncc(NCCc2c[nH]c3ccccc23)c1. The van der Waals surface area contributed by atoms with E-state index in [4.69, 9.17) is 0 Å². The fourth-order valence-corrected chi connectivity index (χ4v) is 3.41. The molecule has 0 aliphatic carbocycles. The third-order valence-corrected chi connectivity index (χ3v) is 4.94. The molecule has 0 atom stereocenters. The number of para-hydroxylation sites is 1. The number of anilines is 1. The molecule has 0 bridgehead atoms. The number of nitrogens with one attached hydrogen (secondary N) is 3. The molecule has 0 fully saturated rings. The molecule has 0 saturated heterocycles. The van der Waals surface area contributed by atoms with Crippen molar-refractivity contribution in [3.05, 3.63) is 95.9 Å². The molecule has 4 rings (SSSR count). The number of hydrogen-bond donors (Lipinski definition) is 3. The summed E-state index contributed by atoms with van der Waals surface area (Å²) in [5, 5.41) is 7.58. The topological polar surface area (TPSA) is 69.8 Å². The zero-order valence-electron chi connectivity index (χ0n) is 16.2. The van der Waals surface area contributed by atoms with E-state index in [1.807, 2.05) is 30.3 Å². The summed E-state index contributed by atoms with van der Waals surface area (Å²) < 4.78 is 0. The second-order valence-corrected chi connectivity index (χ2v) is 6.99. The monoisotopic (exact) mass is 384 g/mol. The second-order valence-electron chi connectivity index (χ2n) is 6.99. The smallest absolute Gasteiger partial charge is 0.252 e. The molecule has 0 aliphatic rings. The summed E-state index contributed by atoms with van der Waals surface area (Å²) >= 11 is 0. The molecule has 5 nitrogen and oxygen atoms in total. The molecule has 2 aromatic heterocycles. The standard InChI is InChI=1S/C24H24N4O/c29-24(27-12-10-18-6-2-1-3-7-18)20-14-21(17-25-15-20)26-13-11-19-16-28-23-9-5-4-8-22(19)23/h1-9,14-17,26,28H,10-13H2,(H,27,29). The largest absolute Gasteiger partial charge is 0.383 e. The van der Waals surface area contributed by atoms with Crippen molar-refractivity contribution in [2.45, 2.75) is 12.8 Å². The van der Waals surface area contributed by atoms with E-state index in [2.05, 4.69) is 57.1 Å². The van der Waals surface area contributed by atoms with Gasteiger partial charge < -0.3 is 15.6 Å². The Morgan fingerprint density at radius 3 is 2.66 bits per heavy atom. The highest BCUT2D eigenvalue weighted by atomic mass is 16.1. The highest BCUT2D eigenvalue weighted by Crippen LogP contribution is 2.18. The normalized spacial score (nSPS) is 10.8. The van der Waals surface area contributed by atoms with Crippen molar-refractivity contribution in [1.82, 2.24) is 15.3 Å². The van der Waals surface area contributed by atoms with Crippen LogP contribution in [0.5, 0.6) is 0 Å². The quantitative estimate of drug-likeness (QED) is 0.427. The third kappa shape index (κ3) is 4.82. The molecular weight excluding hydrogens is 360 g/mol. The summed E-state index contributed by atoms with van der Waals surface area (Å²) in [6.07, 6.45) is 7.10. The maximum atomic E-state index is 12.4. The van der Waals surface area contributed by atoms with Crippen molar-refractivity contribution in [1.29, 1.82) is 0 Å². The van der Waals surface area contributed by atoms with Crippen LogP contribution < -0.4 is 10.6 Å². The number of rotatable bonds is 8. The van der Waals surface area contributed by atoms with Gasteiger partial charge in [-0.3, -0.25) is 9.78 Å². The van der Waals surface area contributed by atoms with Gasteiger partial charge in [0.05, 0.1) is 11.3 Å². The molecule has 5 heteroatoms. The Morgan fingerprint density at radius 1 is 0.931 bits per heavy atom. The predicted molar refractivity (Wildman–Crippen MR) is 117 cm³/mol. The van der Waals surface area contributed by atoms with Gasteiger partial charge in [-0.15, -0.1) is 0 Å². The van der Waals surface area contributed by atoms with Crippen LogP contribution >= 0.6 is 0 Å². The van der Waals surface area contributed by atoms with E-state index < -0.39 is 0 Å². The van der Waals surface area contributed by atoms with Crippen molar-refractivity contribution in [3.8, 4) is 0 Å². The maximum absolute atomic E-state index is 12.4. The number of fused-ring (bicyclic) bond motifs is 1. The van der Waals surface area contributed by atoms with Crippen LogP contribution in [0.1, 0.15) is 21.5 Å². The molecule has 0 aliphatic heterocycles. The van der Waals surface area contributed by atoms with E-state index in [0.29, 0.717) is 12.1 Å². The number of aromatic amines is 1. The number of nitrogens with zero attached hydrogens (tertiary/aromatic N) is 1. The van der Waals surface area contributed by atoms with Gasteiger partial charge in [-0.25, -0.2) is 0 Å². The van der Waals surface area contributed by atoms with Gasteiger partial charge in [0.2, 0.25) is 0 Å². The van der Waals surface area contributed by atoms with E-state index in [1.54, 1.807) is 12.4 Å². The number of pyridine rings is 1. The first-order chi connectivity index (χ1) is 14.3. The summed E-state index contributed by atoms with van der Waals surface area (Å²) in [6.45, 7) is 1.36. The first-order valence-corrected chi connectivity index (χ1v) is 9.85. The fraction of sp³-hybridized carbons (Fsp3) is 0.167.